The summed E-state index contributed by atoms with van der Waals surface area (Å²) in [4.78, 5) is 0. The average Bonchev–Trinajstić information content (AvgIpc) is 2.43. The average molecular weight is 402 g/mol. The van der Waals surface area contributed by atoms with Crippen LogP contribution in [0.3, 0.4) is 0 Å². The normalized spacial score (nSPS) is 10.2. The Kier molecular flexibility index (Phi) is 4.77. The molecule has 0 atom stereocenters. The fourth-order valence-electron chi connectivity index (χ4n) is 1.71. The molecule has 0 saturated heterocycles. The summed E-state index contributed by atoms with van der Waals surface area (Å²) in [7, 11) is 3.23. The Morgan fingerprint density at radius 2 is 1.70 bits per heavy atom. The second-order valence-electron chi connectivity index (χ2n) is 4.04. The lowest BCUT2D eigenvalue weighted by Gasteiger charge is -2.14. The molecular weight excluding hydrogens is 388 g/mol. The lowest BCUT2D eigenvalue weighted by Crippen LogP contribution is -1.98. The van der Waals surface area contributed by atoms with Gasteiger partial charge in [0.1, 0.15) is 11.5 Å². The smallest absolute Gasteiger partial charge is 0.135 e. The minimum Gasteiger partial charge on any atom is -0.497 e. The van der Waals surface area contributed by atoms with Crippen molar-refractivity contribution in [3.05, 3.63) is 39.3 Å². The van der Waals surface area contributed by atoms with Gasteiger partial charge in [0.15, 0.2) is 0 Å². The number of nitrogen functional groups attached to an aromatic ring is 1. The molecular formula is C14H14Br2N2O2. The fraction of sp³-hybridized carbons (Fsp3) is 0.143. The van der Waals surface area contributed by atoms with Crippen LogP contribution in [0.15, 0.2) is 39.3 Å². The Bertz CT molecular complexity index is 633. The molecule has 0 aliphatic carbocycles. The third-order valence-corrected chi connectivity index (χ3v) is 4.05. The predicted molar refractivity (Wildman–Crippen MR) is 89.1 cm³/mol. The third kappa shape index (κ3) is 3.19. The van der Waals surface area contributed by atoms with Gasteiger partial charge in [-0.3, -0.25) is 0 Å². The highest BCUT2D eigenvalue weighted by atomic mass is 79.9. The van der Waals surface area contributed by atoms with Gasteiger partial charge in [-0.15, -0.1) is 0 Å². The van der Waals surface area contributed by atoms with Crippen LogP contribution in [-0.2, 0) is 0 Å². The van der Waals surface area contributed by atoms with Crippen molar-refractivity contribution < 1.29 is 9.47 Å². The van der Waals surface area contributed by atoms with Crippen molar-refractivity contribution >= 4 is 48.9 Å². The quantitative estimate of drug-likeness (QED) is 0.737. The van der Waals surface area contributed by atoms with Crippen molar-refractivity contribution in [1.29, 1.82) is 0 Å². The Morgan fingerprint density at radius 1 is 0.950 bits per heavy atom. The molecule has 0 aliphatic heterocycles. The summed E-state index contributed by atoms with van der Waals surface area (Å²) >= 11 is 6.94. The lowest BCUT2D eigenvalue weighted by atomic mass is 10.2. The van der Waals surface area contributed by atoms with E-state index in [1.165, 1.54) is 0 Å². The molecule has 20 heavy (non-hydrogen) atoms. The summed E-state index contributed by atoms with van der Waals surface area (Å²) in [6.45, 7) is 0. The zero-order valence-corrected chi connectivity index (χ0v) is 14.2. The number of hydrogen-bond donors (Lipinski definition) is 2. The van der Waals surface area contributed by atoms with Crippen molar-refractivity contribution in [1.82, 2.24) is 0 Å². The molecule has 0 amide bonds. The highest BCUT2D eigenvalue weighted by Gasteiger charge is 2.09. The van der Waals surface area contributed by atoms with E-state index in [2.05, 4.69) is 37.2 Å². The van der Waals surface area contributed by atoms with E-state index >= 15 is 0 Å². The number of benzene rings is 2. The first-order chi connectivity index (χ1) is 9.55. The lowest BCUT2D eigenvalue weighted by molar-refractivity contribution is 0.412. The summed E-state index contributed by atoms with van der Waals surface area (Å²) in [5.41, 5.74) is 8.27. The van der Waals surface area contributed by atoms with Crippen molar-refractivity contribution in [2.24, 2.45) is 0 Å². The summed E-state index contributed by atoms with van der Waals surface area (Å²) < 4.78 is 12.2. The van der Waals surface area contributed by atoms with Crippen molar-refractivity contribution in [2.45, 2.75) is 0 Å². The fourth-order valence-corrected chi connectivity index (χ4v) is 2.96. The first kappa shape index (κ1) is 15.0. The van der Waals surface area contributed by atoms with E-state index in [1.54, 1.807) is 20.3 Å². The number of anilines is 3. The Balaban J connectivity index is 2.34. The second-order valence-corrected chi connectivity index (χ2v) is 5.75. The second kappa shape index (κ2) is 6.37. The highest BCUT2D eigenvalue weighted by Crippen LogP contribution is 2.37. The predicted octanol–water partition coefficient (Wildman–Crippen LogP) is 4.55. The number of ether oxygens (including phenoxy) is 2. The van der Waals surface area contributed by atoms with Crippen LogP contribution < -0.4 is 20.5 Å². The number of halogens is 2. The molecule has 0 bridgehead atoms. The first-order valence-electron chi connectivity index (χ1n) is 5.78. The van der Waals surface area contributed by atoms with Crippen LogP contribution in [0.25, 0.3) is 0 Å². The molecule has 106 valence electrons. The minimum atomic E-state index is 0.609. The molecule has 3 N–H and O–H groups in total. The van der Waals surface area contributed by atoms with E-state index in [-0.39, 0.29) is 0 Å². The highest BCUT2D eigenvalue weighted by molar-refractivity contribution is 9.11. The number of nitrogens with two attached hydrogens (primary N) is 1. The molecule has 0 unspecified atom stereocenters. The van der Waals surface area contributed by atoms with Crippen molar-refractivity contribution in [3.8, 4) is 11.5 Å². The Morgan fingerprint density at radius 3 is 2.30 bits per heavy atom. The van der Waals surface area contributed by atoms with E-state index in [9.17, 15) is 0 Å². The Hall–Kier alpha value is -1.40. The molecule has 0 spiro atoms. The van der Waals surface area contributed by atoms with Crippen molar-refractivity contribution in [3.63, 3.8) is 0 Å². The molecule has 0 heterocycles. The number of methoxy groups -OCH3 is 2. The zero-order valence-electron chi connectivity index (χ0n) is 11.0. The molecule has 0 fully saturated rings. The van der Waals surface area contributed by atoms with Crippen molar-refractivity contribution in [2.75, 3.05) is 25.3 Å². The molecule has 2 rings (SSSR count). The molecule has 0 aromatic heterocycles. The molecule has 2 aromatic rings. The third-order valence-electron chi connectivity index (χ3n) is 2.77. The van der Waals surface area contributed by atoms with Crippen LogP contribution in [0.1, 0.15) is 0 Å². The van der Waals surface area contributed by atoms with E-state index in [1.807, 2.05) is 24.3 Å². The molecule has 6 heteroatoms. The van der Waals surface area contributed by atoms with Crippen LogP contribution in [0.5, 0.6) is 11.5 Å². The van der Waals surface area contributed by atoms with Gasteiger partial charge in [0.05, 0.1) is 35.8 Å². The number of rotatable bonds is 4. The maximum Gasteiger partial charge on any atom is 0.135 e. The minimum absolute atomic E-state index is 0.609. The topological polar surface area (TPSA) is 56.5 Å². The summed E-state index contributed by atoms with van der Waals surface area (Å²) in [5, 5.41) is 3.27. The summed E-state index contributed by atoms with van der Waals surface area (Å²) in [6, 6.07) is 9.29. The molecule has 0 saturated carbocycles. The van der Waals surface area contributed by atoms with E-state index in [4.69, 9.17) is 15.2 Å². The maximum absolute atomic E-state index is 6.00. The Labute approximate surface area is 134 Å². The van der Waals surface area contributed by atoms with Gasteiger partial charge in [-0.2, -0.15) is 0 Å². The SMILES string of the molecule is COc1ccc(Nc2cc(OC)c(Br)cc2Br)c(N)c1. The van der Waals surface area contributed by atoms with E-state index < -0.39 is 0 Å². The van der Waals surface area contributed by atoms with Crippen LogP contribution >= 0.6 is 31.9 Å². The van der Waals surface area contributed by atoms with Gasteiger partial charge < -0.3 is 20.5 Å². The maximum atomic E-state index is 6.00. The zero-order chi connectivity index (χ0) is 14.7. The van der Waals surface area contributed by atoms with Gasteiger partial charge in [-0.25, -0.2) is 0 Å². The van der Waals surface area contributed by atoms with Gasteiger partial charge in [0.25, 0.3) is 0 Å². The largest absolute Gasteiger partial charge is 0.497 e. The number of nitrogens with one attached hydrogen (secondary N) is 1. The van der Waals surface area contributed by atoms with Gasteiger partial charge >= 0.3 is 0 Å². The summed E-state index contributed by atoms with van der Waals surface area (Å²) in [6.07, 6.45) is 0. The molecule has 0 radical (unpaired) electrons. The van der Waals surface area contributed by atoms with E-state index in [0.717, 1.165) is 31.8 Å². The van der Waals surface area contributed by atoms with Gasteiger partial charge in [-0.1, -0.05) is 0 Å². The van der Waals surface area contributed by atoms with Crippen LogP contribution in [0, 0.1) is 0 Å². The van der Waals surface area contributed by atoms with Crippen LogP contribution in [0.4, 0.5) is 17.1 Å². The van der Waals surface area contributed by atoms with Gasteiger partial charge in [0.2, 0.25) is 0 Å². The molecule has 2 aromatic carbocycles. The molecule has 4 nitrogen and oxygen atoms in total. The molecule has 0 aliphatic rings. The first-order valence-corrected chi connectivity index (χ1v) is 7.37. The monoisotopic (exact) mass is 400 g/mol. The summed E-state index contributed by atoms with van der Waals surface area (Å²) in [5.74, 6) is 1.46. The standard InChI is InChI=1S/C14H14Br2N2O2/c1-19-8-3-4-12(11(17)5-8)18-13-7-14(20-2)10(16)6-9(13)15/h3-7,18H,17H2,1-2H3. The van der Waals surface area contributed by atoms with Crippen LogP contribution in [0.2, 0.25) is 0 Å². The number of hydrogen-bond acceptors (Lipinski definition) is 4. The van der Waals surface area contributed by atoms with Gasteiger partial charge in [0, 0.05) is 16.6 Å². The van der Waals surface area contributed by atoms with Gasteiger partial charge in [-0.05, 0) is 50.1 Å². The van der Waals surface area contributed by atoms with E-state index in [0.29, 0.717) is 5.69 Å². The van der Waals surface area contributed by atoms with Crippen LogP contribution in [-0.4, -0.2) is 14.2 Å².